The van der Waals surface area contributed by atoms with Crippen molar-refractivity contribution in [2.75, 3.05) is 30.8 Å². The van der Waals surface area contributed by atoms with Crippen LogP contribution in [0.15, 0.2) is 24.3 Å². The number of unbranched alkanes of at least 4 members (excludes halogenated alkanes) is 1. The minimum Gasteiger partial charge on any atom is -0.399 e. The zero-order valence-corrected chi connectivity index (χ0v) is 10.0. The molecule has 3 nitrogen and oxygen atoms in total. The van der Waals surface area contributed by atoms with Gasteiger partial charge in [-0.3, -0.25) is 0 Å². The largest absolute Gasteiger partial charge is 0.399 e. The van der Waals surface area contributed by atoms with E-state index in [4.69, 9.17) is 10.5 Å². The topological polar surface area (TPSA) is 47.3 Å². The SMILES string of the molecule is CCCOCCCCNc1ccc(N)cc1. The first-order valence-corrected chi connectivity index (χ1v) is 6.00. The Kier molecular flexibility index (Phi) is 6.42. The Morgan fingerprint density at radius 1 is 1.12 bits per heavy atom. The van der Waals surface area contributed by atoms with Crippen molar-refractivity contribution in [2.45, 2.75) is 26.2 Å². The third-order valence-corrected chi connectivity index (χ3v) is 2.30. The molecule has 0 atom stereocenters. The van der Waals surface area contributed by atoms with Crippen molar-refractivity contribution in [1.82, 2.24) is 0 Å². The van der Waals surface area contributed by atoms with Gasteiger partial charge in [0.25, 0.3) is 0 Å². The highest BCUT2D eigenvalue weighted by Gasteiger charge is 1.92. The second-order valence-corrected chi connectivity index (χ2v) is 3.87. The van der Waals surface area contributed by atoms with Crippen molar-refractivity contribution in [3.8, 4) is 0 Å². The second-order valence-electron chi connectivity index (χ2n) is 3.87. The summed E-state index contributed by atoms with van der Waals surface area (Å²) in [7, 11) is 0. The van der Waals surface area contributed by atoms with Gasteiger partial charge in [-0.05, 0) is 43.5 Å². The summed E-state index contributed by atoms with van der Waals surface area (Å²) in [4.78, 5) is 0. The first-order chi connectivity index (χ1) is 7.83. The van der Waals surface area contributed by atoms with Crippen LogP contribution in [0, 0.1) is 0 Å². The van der Waals surface area contributed by atoms with Crippen LogP contribution in [0.1, 0.15) is 26.2 Å². The molecule has 0 fully saturated rings. The molecule has 90 valence electrons. The highest BCUT2D eigenvalue weighted by Crippen LogP contribution is 2.10. The maximum atomic E-state index is 5.61. The van der Waals surface area contributed by atoms with Gasteiger partial charge in [0.2, 0.25) is 0 Å². The molecule has 0 bridgehead atoms. The summed E-state index contributed by atoms with van der Waals surface area (Å²) in [5.74, 6) is 0. The van der Waals surface area contributed by atoms with E-state index >= 15 is 0 Å². The number of ether oxygens (including phenoxy) is 1. The quantitative estimate of drug-likeness (QED) is 0.525. The first-order valence-electron chi connectivity index (χ1n) is 6.00. The lowest BCUT2D eigenvalue weighted by atomic mass is 10.2. The van der Waals surface area contributed by atoms with Crippen LogP contribution in [-0.2, 0) is 4.74 Å². The van der Waals surface area contributed by atoms with Gasteiger partial charge in [0.15, 0.2) is 0 Å². The van der Waals surface area contributed by atoms with Gasteiger partial charge in [-0.25, -0.2) is 0 Å². The van der Waals surface area contributed by atoms with Gasteiger partial charge in [-0.2, -0.15) is 0 Å². The Hall–Kier alpha value is -1.22. The zero-order valence-electron chi connectivity index (χ0n) is 10.0. The van der Waals surface area contributed by atoms with Crippen molar-refractivity contribution in [2.24, 2.45) is 0 Å². The Balaban J connectivity index is 2.01. The maximum absolute atomic E-state index is 5.61. The van der Waals surface area contributed by atoms with Gasteiger partial charge in [0, 0.05) is 31.1 Å². The number of nitrogen functional groups attached to an aromatic ring is 1. The van der Waals surface area contributed by atoms with E-state index in [0.29, 0.717) is 0 Å². The molecule has 0 amide bonds. The number of nitrogens with two attached hydrogens (primary N) is 1. The van der Waals surface area contributed by atoms with Gasteiger partial charge in [0.1, 0.15) is 0 Å². The van der Waals surface area contributed by atoms with Crippen molar-refractivity contribution in [3.05, 3.63) is 24.3 Å². The molecule has 1 aromatic carbocycles. The minimum atomic E-state index is 0.804. The lowest BCUT2D eigenvalue weighted by Gasteiger charge is -2.06. The number of nitrogens with one attached hydrogen (secondary N) is 1. The van der Waals surface area contributed by atoms with Crippen LogP contribution in [0.3, 0.4) is 0 Å². The second kappa shape index (κ2) is 7.99. The summed E-state index contributed by atoms with van der Waals surface area (Å²) in [6.45, 7) is 4.87. The highest BCUT2D eigenvalue weighted by molar-refractivity contribution is 5.50. The number of anilines is 2. The van der Waals surface area contributed by atoms with Crippen LogP contribution < -0.4 is 11.1 Å². The Labute approximate surface area is 98.0 Å². The van der Waals surface area contributed by atoms with Crippen LogP contribution in [-0.4, -0.2) is 19.8 Å². The third kappa shape index (κ3) is 5.61. The molecule has 0 saturated carbocycles. The fraction of sp³-hybridized carbons (Fsp3) is 0.538. The predicted octanol–water partition coefficient (Wildman–Crippen LogP) is 2.89. The number of rotatable bonds is 8. The van der Waals surface area contributed by atoms with Gasteiger partial charge < -0.3 is 15.8 Å². The summed E-state index contributed by atoms with van der Waals surface area (Å²) in [5.41, 5.74) is 7.54. The maximum Gasteiger partial charge on any atom is 0.0466 e. The Morgan fingerprint density at radius 2 is 1.88 bits per heavy atom. The van der Waals surface area contributed by atoms with Gasteiger partial charge >= 0.3 is 0 Å². The molecule has 16 heavy (non-hydrogen) atoms. The molecule has 0 heterocycles. The summed E-state index contributed by atoms with van der Waals surface area (Å²) in [5, 5.41) is 3.35. The van der Waals surface area contributed by atoms with Crippen LogP contribution >= 0.6 is 0 Å². The summed E-state index contributed by atoms with van der Waals surface area (Å²) in [6, 6.07) is 7.82. The monoisotopic (exact) mass is 222 g/mol. The summed E-state index contributed by atoms with van der Waals surface area (Å²) >= 11 is 0. The molecule has 3 N–H and O–H groups in total. The van der Waals surface area contributed by atoms with E-state index in [1.165, 1.54) is 0 Å². The molecule has 0 spiro atoms. The standard InChI is InChI=1S/C13H22N2O/c1-2-10-16-11-4-3-9-15-13-7-5-12(14)6-8-13/h5-8,15H,2-4,9-11,14H2,1H3. The van der Waals surface area contributed by atoms with Crippen LogP contribution in [0.2, 0.25) is 0 Å². The van der Waals surface area contributed by atoms with Crippen molar-refractivity contribution >= 4 is 11.4 Å². The van der Waals surface area contributed by atoms with Gasteiger partial charge in [-0.15, -0.1) is 0 Å². The van der Waals surface area contributed by atoms with Crippen molar-refractivity contribution < 1.29 is 4.74 Å². The van der Waals surface area contributed by atoms with E-state index in [2.05, 4.69) is 12.2 Å². The van der Waals surface area contributed by atoms with Crippen molar-refractivity contribution in [3.63, 3.8) is 0 Å². The average molecular weight is 222 g/mol. The van der Waals surface area contributed by atoms with E-state index in [-0.39, 0.29) is 0 Å². The molecule has 0 saturated heterocycles. The lowest BCUT2D eigenvalue weighted by Crippen LogP contribution is -2.04. The number of benzene rings is 1. The molecule has 0 aliphatic heterocycles. The Morgan fingerprint density at radius 3 is 2.56 bits per heavy atom. The van der Waals surface area contributed by atoms with Crippen molar-refractivity contribution in [1.29, 1.82) is 0 Å². The van der Waals surface area contributed by atoms with Gasteiger partial charge in [-0.1, -0.05) is 6.92 Å². The lowest BCUT2D eigenvalue weighted by molar-refractivity contribution is 0.131. The molecule has 0 aliphatic carbocycles. The predicted molar refractivity (Wildman–Crippen MR) is 69.7 cm³/mol. The fourth-order valence-electron chi connectivity index (χ4n) is 1.41. The molecule has 0 aliphatic rings. The number of hydrogen-bond acceptors (Lipinski definition) is 3. The highest BCUT2D eigenvalue weighted by atomic mass is 16.5. The smallest absolute Gasteiger partial charge is 0.0466 e. The van der Waals surface area contributed by atoms with E-state index in [9.17, 15) is 0 Å². The summed E-state index contributed by atoms with van der Waals surface area (Å²) < 4.78 is 5.41. The van der Waals surface area contributed by atoms with E-state index < -0.39 is 0 Å². The molecule has 1 aromatic rings. The van der Waals surface area contributed by atoms with Gasteiger partial charge in [0.05, 0.1) is 0 Å². The van der Waals surface area contributed by atoms with E-state index in [0.717, 1.165) is 50.4 Å². The first kappa shape index (κ1) is 12.8. The average Bonchev–Trinajstić information content (AvgIpc) is 2.30. The van der Waals surface area contributed by atoms with E-state index in [1.54, 1.807) is 0 Å². The van der Waals surface area contributed by atoms with Crippen LogP contribution in [0.5, 0.6) is 0 Å². The van der Waals surface area contributed by atoms with Crippen LogP contribution in [0.25, 0.3) is 0 Å². The minimum absolute atomic E-state index is 0.804. The molecule has 0 aromatic heterocycles. The summed E-state index contributed by atoms with van der Waals surface area (Å²) in [6.07, 6.45) is 3.35. The Bertz CT molecular complexity index is 272. The molecule has 1 rings (SSSR count). The number of hydrogen-bond donors (Lipinski definition) is 2. The fourth-order valence-corrected chi connectivity index (χ4v) is 1.41. The zero-order chi connectivity index (χ0) is 11.6. The molecule has 3 heteroatoms. The third-order valence-electron chi connectivity index (χ3n) is 2.30. The molecular formula is C13H22N2O. The molecular weight excluding hydrogens is 200 g/mol. The molecule has 0 unspecified atom stereocenters. The van der Waals surface area contributed by atoms with E-state index in [1.807, 2.05) is 24.3 Å². The molecule has 0 radical (unpaired) electrons. The van der Waals surface area contributed by atoms with Crippen LogP contribution in [0.4, 0.5) is 11.4 Å². The normalized spacial score (nSPS) is 10.3.